The van der Waals surface area contributed by atoms with Crippen LogP contribution in [0.25, 0.3) is 11.2 Å². The van der Waals surface area contributed by atoms with Gasteiger partial charge in [-0.05, 0) is 19.1 Å². The Labute approximate surface area is 380 Å². The molecule has 362 valence electrons. The van der Waals surface area contributed by atoms with Crippen molar-refractivity contribution in [2.75, 3.05) is 37.8 Å². The molecule has 5 rings (SSSR count). The van der Waals surface area contributed by atoms with Crippen molar-refractivity contribution in [3.63, 3.8) is 0 Å². The largest absolute Gasteiger partial charge is 0.481 e. The molecule has 7 unspecified atom stereocenters. The first kappa shape index (κ1) is 52.7. The predicted octanol–water partition coefficient (Wildman–Crippen LogP) is 0.785. The van der Waals surface area contributed by atoms with E-state index in [0.29, 0.717) is 17.0 Å². The van der Waals surface area contributed by atoms with Crippen molar-refractivity contribution in [3.05, 3.63) is 71.6 Å². The second-order valence-corrected chi connectivity index (χ2v) is 20.8. The molecule has 26 nitrogen and oxygen atoms in total. The van der Waals surface area contributed by atoms with Crippen LogP contribution >= 0.6 is 35.2 Å². The molecule has 1 saturated heterocycles. The lowest BCUT2D eigenvalue weighted by atomic mass is 9.87. The zero-order chi connectivity index (χ0) is 48.8. The van der Waals surface area contributed by atoms with Gasteiger partial charge in [0.1, 0.15) is 36.3 Å². The van der Waals surface area contributed by atoms with E-state index in [1.165, 1.54) is 13.8 Å². The van der Waals surface area contributed by atoms with E-state index in [2.05, 4.69) is 34.4 Å². The number of nitrogen functional groups attached to an aromatic ring is 1. The number of aryl methyl sites for hydroxylation is 1. The Morgan fingerprint density at radius 3 is 2.33 bits per heavy atom. The van der Waals surface area contributed by atoms with Crippen LogP contribution in [-0.4, -0.2) is 133 Å². The van der Waals surface area contributed by atoms with Crippen molar-refractivity contribution in [2.24, 2.45) is 12.5 Å². The summed E-state index contributed by atoms with van der Waals surface area (Å²) in [5, 5.41) is 26.3. The van der Waals surface area contributed by atoms with Crippen LogP contribution in [0.15, 0.2) is 49.1 Å². The van der Waals surface area contributed by atoms with Crippen molar-refractivity contribution >= 4 is 74.9 Å². The van der Waals surface area contributed by atoms with Crippen LogP contribution in [0.3, 0.4) is 0 Å². The molecule has 0 spiro atoms. The van der Waals surface area contributed by atoms with Gasteiger partial charge in [-0.1, -0.05) is 55.4 Å². The van der Waals surface area contributed by atoms with Gasteiger partial charge in [0.25, 0.3) is 0 Å². The molecular formula is C36H49N8O18P3S. The monoisotopic (exact) mass is 1010 g/mol. The Hall–Kier alpha value is -4.27. The van der Waals surface area contributed by atoms with Crippen LogP contribution in [-0.2, 0) is 64.2 Å². The zero-order valence-electron chi connectivity index (χ0n) is 35.6. The second kappa shape index (κ2) is 21.8. The second-order valence-electron chi connectivity index (χ2n) is 15.4. The summed E-state index contributed by atoms with van der Waals surface area (Å²) in [6, 6.07) is 10.5. The average molecular weight is 1010 g/mol. The highest BCUT2D eigenvalue weighted by Crippen LogP contribution is 2.61. The van der Waals surface area contributed by atoms with Gasteiger partial charge in [0, 0.05) is 49.0 Å². The van der Waals surface area contributed by atoms with Gasteiger partial charge >= 0.3 is 23.5 Å². The van der Waals surface area contributed by atoms with E-state index in [-0.39, 0.29) is 59.6 Å². The number of hydrogen-bond acceptors (Lipinski definition) is 19. The highest BCUT2D eigenvalue weighted by molar-refractivity contribution is 8.13. The number of thioether (sulfide) groups is 1. The predicted molar refractivity (Wildman–Crippen MR) is 231 cm³/mol. The molecular weight excluding hydrogens is 957 g/mol. The van der Waals surface area contributed by atoms with E-state index >= 15 is 0 Å². The number of hydrogen-bond donors (Lipinski definition) is 9. The minimum atomic E-state index is -5.60. The SMILES string of the molecule is Cc1ccc(C(=O)c2ccc(CC(=O)SCCNC(=O)CCNC(=O)C(O)C(C)(C)COP(=O)(O)OP(=O)(O)OCC3OC(n4cnc5c(N)ncnc54)C(O)C3OP(=O)(O)O)n2C)cc1. The van der Waals surface area contributed by atoms with Gasteiger partial charge < -0.3 is 55.5 Å². The lowest BCUT2D eigenvalue weighted by molar-refractivity contribution is -0.137. The number of carbonyl (C=O) groups excluding carboxylic acids is 4. The molecule has 0 radical (unpaired) electrons. The molecule has 0 saturated carbocycles. The summed E-state index contributed by atoms with van der Waals surface area (Å²) in [5.41, 5.74) is 6.86. The molecule has 7 atom stereocenters. The highest BCUT2D eigenvalue weighted by atomic mass is 32.2. The van der Waals surface area contributed by atoms with Gasteiger partial charge in [-0.25, -0.2) is 28.6 Å². The number of aliphatic hydroxyl groups excluding tert-OH is 2. The molecule has 1 aromatic carbocycles. The van der Waals surface area contributed by atoms with Gasteiger partial charge in [0.05, 0.1) is 31.7 Å². The number of nitrogens with one attached hydrogen (secondary N) is 2. The summed E-state index contributed by atoms with van der Waals surface area (Å²) >= 11 is 0.991. The lowest BCUT2D eigenvalue weighted by Gasteiger charge is -2.30. The fourth-order valence-corrected chi connectivity index (χ4v) is 9.82. The number of amides is 2. The summed E-state index contributed by atoms with van der Waals surface area (Å²) in [5.74, 6) is -1.47. The number of imidazole rings is 1. The van der Waals surface area contributed by atoms with Gasteiger partial charge in [-0.3, -0.25) is 37.3 Å². The number of ketones is 1. The molecule has 2 amide bonds. The summed E-state index contributed by atoms with van der Waals surface area (Å²) < 4.78 is 64.1. The van der Waals surface area contributed by atoms with E-state index in [1.807, 2.05) is 19.1 Å². The number of nitrogens with two attached hydrogens (primary N) is 1. The van der Waals surface area contributed by atoms with Crippen molar-refractivity contribution < 1.29 is 85.3 Å². The van der Waals surface area contributed by atoms with Gasteiger partial charge in [0.15, 0.2) is 22.8 Å². The molecule has 1 aliphatic rings. The standard InChI is InChI=1S/C36H49N8O18P3S/c1-20-5-7-21(8-6-20)28(47)23-10-9-22(43(23)4)15-26(46)66-14-13-38-25(45)11-12-39-34(50)31(49)36(2,3)17-59-65(56,57)62-64(54,55)58-16-24-30(61-63(51,52)53)29(48)35(60-24)44-19-42-27-32(37)40-18-41-33(27)44/h5-10,18-19,24,29-31,35,48-49H,11-17H2,1-4H3,(H,38,45)(H,39,50)(H,54,55)(H,56,57)(H2,37,40,41)(H2,51,52,53). The fourth-order valence-electron chi connectivity index (χ4n) is 6.31. The third-order valence-corrected chi connectivity index (χ3v) is 13.8. The maximum absolute atomic E-state index is 12.9. The summed E-state index contributed by atoms with van der Waals surface area (Å²) in [6.07, 6.45) is -7.01. The number of carbonyl (C=O) groups is 4. The Kier molecular flexibility index (Phi) is 17.4. The summed E-state index contributed by atoms with van der Waals surface area (Å²) in [4.78, 5) is 102. The Bertz CT molecular complexity index is 2550. The lowest BCUT2D eigenvalue weighted by Crippen LogP contribution is -2.46. The number of ether oxygens (including phenoxy) is 1. The highest BCUT2D eigenvalue weighted by Gasteiger charge is 2.50. The van der Waals surface area contributed by atoms with E-state index in [0.717, 1.165) is 34.5 Å². The number of aliphatic hydroxyl groups is 2. The van der Waals surface area contributed by atoms with Crippen LogP contribution in [0.4, 0.5) is 5.82 Å². The number of fused-ring (bicyclic) bond motifs is 1. The molecule has 66 heavy (non-hydrogen) atoms. The van der Waals surface area contributed by atoms with Crippen LogP contribution < -0.4 is 16.4 Å². The molecule has 4 aromatic rings. The van der Waals surface area contributed by atoms with Crippen molar-refractivity contribution in [3.8, 4) is 0 Å². The van der Waals surface area contributed by atoms with Crippen LogP contribution in [0, 0.1) is 12.3 Å². The molecule has 10 N–H and O–H groups in total. The minimum absolute atomic E-state index is 0.0225. The number of anilines is 1. The normalized spacial score (nSPS) is 20.1. The quantitative estimate of drug-likeness (QED) is 0.0282. The topological polar surface area (TPSA) is 386 Å². The van der Waals surface area contributed by atoms with E-state index in [9.17, 15) is 62.7 Å². The third-order valence-electron chi connectivity index (χ3n) is 9.86. The zero-order valence-corrected chi connectivity index (χ0v) is 39.1. The first-order valence-corrected chi connectivity index (χ1v) is 25.1. The summed E-state index contributed by atoms with van der Waals surface area (Å²) in [7, 11) is -14.8. The Morgan fingerprint density at radius 2 is 1.65 bits per heavy atom. The van der Waals surface area contributed by atoms with Crippen LogP contribution in [0.5, 0.6) is 0 Å². The number of benzene rings is 1. The molecule has 0 bridgehead atoms. The summed E-state index contributed by atoms with van der Waals surface area (Å²) in [6.45, 7) is 2.23. The van der Waals surface area contributed by atoms with Gasteiger partial charge in [-0.15, -0.1) is 0 Å². The van der Waals surface area contributed by atoms with Crippen LogP contribution in [0.2, 0.25) is 0 Å². The fraction of sp³-hybridized carbons (Fsp3) is 0.472. The Balaban J connectivity index is 1.01. The van der Waals surface area contributed by atoms with E-state index < -0.39 is 84.6 Å². The number of phosphoric ester groups is 3. The number of aromatic nitrogens is 5. The first-order chi connectivity index (χ1) is 30.8. The molecule has 0 aliphatic carbocycles. The molecule has 1 aliphatic heterocycles. The molecule has 30 heteroatoms. The third kappa shape index (κ3) is 14.1. The maximum Gasteiger partial charge on any atom is 0.481 e. The first-order valence-electron chi connectivity index (χ1n) is 19.6. The number of rotatable bonds is 23. The smallest absolute Gasteiger partial charge is 0.386 e. The maximum atomic E-state index is 12.9. The molecule has 3 aromatic heterocycles. The van der Waals surface area contributed by atoms with Crippen LogP contribution in [0.1, 0.15) is 53.8 Å². The number of nitrogens with zero attached hydrogens (tertiary/aromatic N) is 5. The Morgan fingerprint density at radius 1 is 0.970 bits per heavy atom. The van der Waals surface area contributed by atoms with E-state index in [1.54, 1.807) is 35.9 Å². The molecule has 1 fully saturated rings. The van der Waals surface area contributed by atoms with Gasteiger partial charge in [0.2, 0.25) is 17.6 Å². The van der Waals surface area contributed by atoms with Crippen molar-refractivity contribution in [2.45, 2.75) is 64.3 Å². The van der Waals surface area contributed by atoms with E-state index in [4.69, 9.17) is 19.5 Å². The van der Waals surface area contributed by atoms with Gasteiger partial charge in [-0.2, -0.15) is 4.31 Å². The minimum Gasteiger partial charge on any atom is -0.386 e. The molecule has 4 heterocycles. The van der Waals surface area contributed by atoms with Crippen molar-refractivity contribution in [1.29, 1.82) is 0 Å². The van der Waals surface area contributed by atoms with Crippen molar-refractivity contribution in [1.82, 2.24) is 34.7 Å². The average Bonchev–Trinajstić information content (AvgIpc) is 3.91. The number of phosphoric acid groups is 3.